The Morgan fingerprint density at radius 1 is 0.778 bits per heavy atom. The van der Waals surface area contributed by atoms with Crippen LogP contribution in [-0.4, -0.2) is 42.3 Å². The second-order valence-corrected chi connectivity index (χ2v) is 7.59. The van der Waals surface area contributed by atoms with Gasteiger partial charge in [-0.3, -0.25) is 14.6 Å². The Morgan fingerprint density at radius 2 is 1.41 bits per heavy atom. The molecule has 4 heteroatoms. The normalized spacial score (nSPS) is 15.9. The molecule has 0 N–H and O–H groups in total. The summed E-state index contributed by atoms with van der Waals surface area (Å²) in [5.41, 5.74) is 3.37. The van der Waals surface area contributed by atoms with Crippen molar-refractivity contribution in [3.8, 4) is 0 Å². The first-order valence-corrected chi connectivity index (χ1v) is 9.76. The Labute approximate surface area is 165 Å². The van der Waals surface area contributed by atoms with Crippen molar-refractivity contribution in [2.75, 3.05) is 26.2 Å². The number of hydrogen-bond acceptors (Lipinski definition) is 3. The van der Waals surface area contributed by atoms with Gasteiger partial charge in [0.05, 0.1) is 0 Å². The van der Waals surface area contributed by atoms with E-state index in [9.17, 15) is 4.79 Å². The molecule has 0 bridgehead atoms. The molecule has 1 saturated heterocycles. The average molecular weight is 379 g/mol. The maximum absolute atomic E-state index is 11.3. The minimum absolute atomic E-state index is 0.766. The number of piperazine rings is 1. The predicted octanol–water partition coefficient (Wildman–Crippen LogP) is 4.62. The molecule has 138 valence electrons. The second-order valence-electron chi connectivity index (χ2n) is 7.16. The zero-order valence-corrected chi connectivity index (χ0v) is 16.0. The molecule has 27 heavy (non-hydrogen) atoms. The topological polar surface area (TPSA) is 23.6 Å². The van der Waals surface area contributed by atoms with Crippen LogP contribution in [0.4, 0.5) is 0 Å². The molecule has 0 spiro atoms. The summed E-state index contributed by atoms with van der Waals surface area (Å²) in [5.74, 6) is 0. The van der Waals surface area contributed by atoms with Crippen molar-refractivity contribution in [1.82, 2.24) is 9.80 Å². The third-order valence-corrected chi connectivity index (χ3v) is 5.61. The summed E-state index contributed by atoms with van der Waals surface area (Å²) < 4.78 is 0. The van der Waals surface area contributed by atoms with Gasteiger partial charge in [0, 0.05) is 49.9 Å². The zero-order chi connectivity index (χ0) is 18.6. The average Bonchev–Trinajstić information content (AvgIpc) is 2.71. The molecule has 0 saturated carbocycles. The number of nitrogens with zero attached hydrogens (tertiary/aromatic N) is 2. The number of fused-ring (bicyclic) bond motifs is 1. The first-order chi connectivity index (χ1) is 13.2. The highest BCUT2D eigenvalue weighted by molar-refractivity contribution is 6.30. The van der Waals surface area contributed by atoms with Crippen molar-refractivity contribution in [3.63, 3.8) is 0 Å². The Kier molecular flexibility index (Phi) is 5.53. The van der Waals surface area contributed by atoms with Gasteiger partial charge in [-0.2, -0.15) is 0 Å². The van der Waals surface area contributed by atoms with E-state index in [0.717, 1.165) is 61.5 Å². The van der Waals surface area contributed by atoms with Crippen molar-refractivity contribution in [1.29, 1.82) is 0 Å². The number of benzene rings is 3. The Balaban J connectivity index is 1.40. The molecule has 0 aromatic heterocycles. The monoisotopic (exact) mass is 378 g/mol. The summed E-state index contributed by atoms with van der Waals surface area (Å²) in [6, 6.07) is 20.4. The maximum Gasteiger partial charge on any atom is 0.150 e. The lowest BCUT2D eigenvalue weighted by Gasteiger charge is -2.35. The third-order valence-electron chi connectivity index (χ3n) is 5.35. The molecule has 3 nitrogen and oxygen atoms in total. The van der Waals surface area contributed by atoms with Crippen LogP contribution in [0.25, 0.3) is 10.8 Å². The van der Waals surface area contributed by atoms with Gasteiger partial charge in [-0.1, -0.05) is 60.1 Å². The molecule has 1 aliphatic rings. The lowest BCUT2D eigenvalue weighted by atomic mass is 9.99. The fourth-order valence-corrected chi connectivity index (χ4v) is 3.95. The van der Waals surface area contributed by atoms with E-state index in [0.29, 0.717) is 0 Å². The molecule has 3 aromatic carbocycles. The smallest absolute Gasteiger partial charge is 0.150 e. The van der Waals surface area contributed by atoms with E-state index in [1.165, 1.54) is 16.5 Å². The van der Waals surface area contributed by atoms with Gasteiger partial charge in [-0.15, -0.1) is 0 Å². The molecule has 1 aliphatic heterocycles. The first kappa shape index (κ1) is 18.2. The van der Waals surface area contributed by atoms with Crippen LogP contribution in [-0.2, 0) is 13.1 Å². The van der Waals surface area contributed by atoms with Gasteiger partial charge < -0.3 is 0 Å². The molecular weight excluding hydrogens is 356 g/mol. The molecule has 1 fully saturated rings. The lowest BCUT2D eigenvalue weighted by molar-refractivity contribution is 0.112. The highest BCUT2D eigenvalue weighted by Crippen LogP contribution is 2.24. The van der Waals surface area contributed by atoms with E-state index < -0.39 is 0 Å². The number of carbonyl (C=O) groups excluding carboxylic acids is 1. The fourth-order valence-electron chi connectivity index (χ4n) is 3.82. The molecule has 0 radical (unpaired) electrons. The Bertz CT molecular complexity index is 931. The fraction of sp³-hybridized carbons (Fsp3) is 0.261. The van der Waals surface area contributed by atoms with Crippen molar-refractivity contribution >= 4 is 28.7 Å². The summed E-state index contributed by atoms with van der Waals surface area (Å²) in [6.45, 7) is 6.13. The van der Waals surface area contributed by atoms with Gasteiger partial charge in [0.2, 0.25) is 0 Å². The standard InChI is InChI=1S/C23H23ClN2O/c24-21-9-5-18(6-10-21)15-25-11-13-26(14-12-25)16-19-7-8-20(17-27)23-4-2-1-3-22(19)23/h1-10,17H,11-16H2. The number of aldehydes is 1. The number of rotatable bonds is 5. The molecule has 0 atom stereocenters. The van der Waals surface area contributed by atoms with Gasteiger partial charge in [0.1, 0.15) is 0 Å². The van der Waals surface area contributed by atoms with Crippen LogP contribution >= 0.6 is 11.6 Å². The van der Waals surface area contributed by atoms with E-state index in [1.54, 1.807) is 0 Å². The van der Waals surface area contributed by atoms with Crippen LogP contribution < -0.4 is 0 Å². The number of halogens is 1. The van der Waals surface area contributed by atoms with E-state index in [1.807, 2.05) is 36.4 Å². The summed E-state index contributed by atoms with van der Waals surface area (Å²) in [7, 11) is 0. The summed E-state index contributed by atoms with van der Waals surface area (Å²) in [4.78, 5) is 16.3. The number of hydrogen-bond donors (Lipinski definition) is 0. The third kappa shape index (κ3) is 4.22. The SMILES string of the molecule is O=Cc1ccc(CN2CCN(Cc3ccc(Cl)cc3)CC2)c2ccccc12. The number of carbonyl (C=O) groups is 1. The minimum atomic E-state index is 0.766. The van der Waals surface area contributed by atoms with Gasteiger partial charge in [-0.25, -0.2) is 0 Å². The largest absolute Gasteiger partial charge is 0.298 e. The predicted molar refractivity (Wildman–Crippen MR) is 111 cm³/mol. The molecule has 0 unspecified atom stereocenters. The lowest BCUT2D eigenvalue weighted by Crippen LogP contribution is -2.45. The summed E-state index contributed by atoms with van der Waals surface area (Å²) >= 11 is 5.97. The summed E-state index contributed by atoms with van der Waals surface area (Å²) in [5, 5.41) is 3.02. The second kappa shape index (κ2) is 8.22. The zero-order valence-electron chi connectivity index (χ0n) is 15.3. The summed E-state index contributed by atoms with van der Waals surface area (Å²) in [6.07, 6.45) is 0.946. The highest BCUT2D eigenvalue weighted by Gasteiger charge is 2.18. The van der Waals surface area contributed by atoms with E-state index >= 15 is 0 Å². The quantitative estimate of drug-likeness (QED) is 0.605. The van der Waals surface area contributed by atoms with Crippen molar-refractivity contribution in [2.45, 2.75) is 13.1 Å². The van der Waals surface area contributed by atoms with Crippen LogP contribution in [0.1, 0.15) is 21.5 Å². The Hall–Kier alpha value is -2.20. The minimum Gasteiger partial charge on any atom is -0.298 e. The molecule has 0 amide bonds. The van der Waals surface area contributed by atoms with Crippen molar-refractivity contribution < 1.29 is 4.79 Å². The molecule has 3 aromatic rings. The van der Waals surface area contributed by atoms with Crippen LogP contribution in [0, 0.1) is 0 Å². The molecule has 4 rings (SSSR count). The Morgan fingerprint density at radius 3 is 2.07 bits per heavy atom. The van der Waals surface area contributed by atoms with Gasteiger partial charge >= 0.3 is 0 Å². The van der Waals surface area contributed by atoms with Crippen LogP contribution in [0.3, 0.4) is 0 Å². The van der Waals surface area contributed by atoms with Gasteiger partial charge in [0.25, 0.3) is 0 Å². The molecule has 0 aliphatic carbocycles. The van der Waals surface area contributed by atoms with Crippen LogP contribution in [0.15, 0.2) is 60.7 Å². The molecular formula is C23H23ClN2O. The first-order valence-electron chi connectivity index (χ1n) is 9.38. The van der Waals surface area contributed by atoms with Gasteiger partial charge in [0.15, 0.2) is 6.29 Å². The van der Waals surface area contributed by atoms with Crippen molar-refractivity contribution in [3.05, 3.63) is 82.4 Å². The van der Waals surface area contributed by atoms with Crippen LogP contribution in [0.2, 0.25) is 5.02 Å². The van der Waals surface area contributed by atoms with E-state index in [4.69, 9.17) is 11.6 Å². The van der Waals surface area contributed by atoms with Crippen molar-refractivity contribution in [2.24, 2.45) is 0 Å². The highest BCUT2D eigenvalue weighted by atomic mass is 35.5. The van der Waals surface area contributed by atoms with E-state index in [2.05, 4.69) is 34.1 Å². The maximum atomic E-state index is 11.3. The molecule has 1 heterocycles. The van der Waals surface area contributed by atoms with Crippen LogP contribution in [0.5, 0.6) is 0 Å². The van der Waals surface area contributed by atoms with E-state index in [-0.39, 0.29) is 0 Å². The van der Waals surface area contributed by atoms with Gasteiger partial charge in [-0.05, 0) is 34.0 Å².